The summed E-state index contributed by atoms with van der Waals surface area (Å²) in [6.45, 7) is 1.92. The highest BCUT2D eigenvalue weighted by Gasteiger charge is 2.27. The molecule has 2 unspecified atom stereocenters. The Labute approximate surface area is 105 Å². The van der Waals surface area contributed by atoms with Gasteiger partial charge in [-0.25, -0.2) is 4.39 Å². The first kappa shape index (κ1) is 14.4. The van der Waals surface area contributed by atoms with Crippen LogP contribution in [0.5, 0.6) is 5.75 Å². The molecule has 0 fully saturated rings. The number of halogens is 1. The van der Waals surface area contributed by atoms with Crippen LogP contribution in [0.3, 0.4) is 0 Å². The molecule has 0 radical (unpaired) electrons. The molecule has 0 aliphatic rings. The van der Waals surface area contributed by atoms with Crippen molar-refractivity contribution in [3.63, 3.8) is 0 Å². The minimum absolute atomic E-state index is 0.161. The normalized spacial score (nSPS) is 14.2. The smallest absolute Gasteiger partial charge is 0.309 e. The van der Waals surface area contributed by atoms with Gasteiger partial charge in [0, 0.05) is 0 Å². The van der Waals surface area contributed by atoms with E-state index in [1.807, 2.05) is 6.92 Å². The number of benzene rings is 1. The van der Waals surface area contributed by atoms with Crippen molar-refractivity contribution in [1.29, 1.82) is 0 Å². The van der Waals surface area contributed by atoms with Crippen LogP contribution in [0.15, 0.2) is 18.2 Å². The number of aliphatic carboxylic acids is 1. The van der Waals surface area contributed by atoms with Gasteiger partial charge in [-0.3, -0.25) is 4.79 Å². The Bertz CT molecular complexity index is 419. The summed E-state index contributed by atoms with van der Waals surface area (Å²) in [4.78, 5) is 11.1. The third-order valence-electron chi connectivity index (χ3n) is 2.88. The lowest BCUT2D eigenvalue weighted by molar-refractivity contribution is -0.146. The van der Waals surface area contributed by atoms with E-state index in [4.69, 9.17) is 10.2 Å². The highest BCUT2D eigenvalue weighted by atomic mass is 19.1. The fraction of sp³-hybridized carbons (Fsp3) is 0.462. The average Bonchev–Trinajstić information content (AvgIpc) is 2.32. The second-order valence-electron chi connectivity index (χ2n) is 4.24. The first-order valence-corrected chi connectivity index (χ1v) is 5.86. The third kappa shape index (κ3) is 3.43. The van der Waals surface area contributed by atoms with Gasteiger partial charge in [0.15, 0.2) is 11.6 Å². The maximum atomic E-state index is 13.1. The van der Waals surface area contributed by atoms with Crippen LogP contribution in [0.25, 0.3) is 0 Å². The van der Waals surface area contributed by atoms with E-state index in [1.165, 1.54) is 6.07 Å². The summed E-state index contributed by atoms with van der Waals surface area (Å²) in [5, 5.41) is 28.1. The maximum Gasteiger partial charge on any atom is 0.309 e. The third-order valence-corrected chi connectivity index (χ3v) is 2.88. The summed E-state index contributed by atoms with van der Waals surface area (Å²) >= 11 is 0. The van der Waals surface area contributed by atoms with Crippen molar-refractivity contribution < 1.29 is 24.5 Å². The van der Waals surface area contributed by atoms with Crippen molar-refractivity contribution in [2.75, 3.05) is 0 Å². The molecule has 0 heterocycles. The van der Waals surface area contributed by atoms with Crippen molar-refractivity contribution in [3.8, 4) is 5.75 Å². The summed E-state index contributed by atoms with van der Waals surface area (Å²) in [6, 6.07) is 3.39. The number of rotatable bonds is 6. The van der Waals surface area contributed by atoms with E-state index < -0.39 is 29.6 Å². The molecule has 0 amide bonds. The van der Waals surface area contributed by atoms with Gasteiger partial charge in [-0.05, 0) is 24.1 Å². The second kappa shape index (κ2) is 6.35. The van der Waals surface area contributed by atoms with Crippen LogP contribution >= 0.6 is 0 Å². The quantitative estimate of drug-likeness (QED) is 0.730. The van der Waals surface area contributed by atoms with E-state index in [0.717, 1.165) is 18.6 Å². The Morgan fingerprint density at radius 3 is 2.61 bits per heavy atom. The molecule has 0 aliphatic carbocycles. The van der Waals surface area contributed by atoms with Gasteiger partial charge in [0.2, 0.25) is 0 Å². The van der Waals surface area contributed by atoms with Gasteiger partial charge in [-0.1, -0.05) is 25.8 Å². The van der Waals surface area contributed by atoms with Gasteiger partial charge in [-0.15, -0.1) is 0 Å². The SMILES string of the molecule is CCCCC(C(=O)O)C(O)c1ccc(O)c(F)c1. The molecule has 0 spiro atoms. The highest BCUT2D eigenvalue weighted by molar-refractivity contribution is 5.71. The average molecular weight is 256 g/mol. The van der Waals surface area contributed by atoms with Crippen LogP contribution in [0.2, 0.25) is 0 Å². The predicted molar refractivity (Wildman–Crippen MR) is 63.7 cm³/mol. The van der Waals surface area contributed by atoms with Crippen molar-refractivity contribution in [1.82, 2.24) is 0 Å². The molecule has 1 aromatic carbocycles. The molecular weight excluding hydrogens is 239 g/mol. The zero-order valence-electron chi connectivity index (χ0n) is 10.1. The van der Waals surface area contributed by atoms with Gasteiger partial charge in [0.1, 0.15) is 0 Å². The monoisotopic (exact) mass is 256 g/mol. The van der Waals surface area contributed by atoms with Crippen LogP contribution in [0, 0.1) is 11.7 Å². The zero-order valence-corrected chi connectivity index (χ0v) is 10.1. The van der Waals surface area contributed by atoms with Crippen molar-refractivity contribution >= 4 is 5.97 Å². The number of phenolic OH excluding ortho intramolecular Hbond substituents is 1. The summed E-state index contributed by atoms with van der Waals surface area (Å²) in [5.41, 5.74) is 0.161. The fourth-order valence-corrected chi connectivity index (χ4v) is 1.78. The number of carboxylic acid groups (broad SMARTS) is 1. The van der Waals surface area contributed by atoms with E-state index in [-0.39, 0.29) is 5.56 Å². The van der Waals surface area contributed by atoms with Gasteiger partial charge < -0.3 is 15.3 Å². The van der Waals surface area contributed by atoms with Crippen LogP contribution in [-0.2, 0) is 4.79 Å². The van der Waals surface area contributed by atoms with E-state index in [9.17, 15) is 14.3 Å². The molecule has 5 heteroatoms. The largest absolute Gasteiger partial charge is 0.505 e. The van der Waals surface area contributed by atoms with E-state index in [0.29, 0.717) is 12.8 Å². The summed E-state index contributed by atoms with van der Waals surface area (Å²) in [7, 11) is 0. The molecule has 0 aromatic heterocycles. The standard InChI is InChI=1S/C13H17FO4/c1-2-3-4-9(13(17)18)12(16)8-5-6-11(15)10(14)7-8/h5-7,9,12,15-16H,2-4H2,1H3,(H,17,18). The number of carboxylic acids is 1. The Kier molecular flexibility index (Phi) is 5.09. The number of hydrogen-bond acceptors (Lipinski definition) is 3. The Morgan fingerprint density at radius 1 is 1.44 bits per heavy atom. The minimum Gasteiger partial charge on any atom is -0.505 e. The molecule has 2 atom stereocenters. The number of unbranched alkanes of at least 4 members (excludes halogenated alkanes) is 1. The lowest BCUT2D eigenvalue weighted by atomic mass is 9.91. The molecule has 3 N–H and O–H groups in total. The Balaban J connectivity index is 2.90. The van der Waals surface area contributed by atoms with Crippen molar-refractivity contribution in [2.45, 2.75) is 32.3 Å². The van der Waals surface area contributed by atoms with Crippen molar-refractivity contribution in [2.24, 2.45) is 5.92 Å². The molecule has 4 nitrogen and oxygen atoms in total. The Hall–Kier alpha value is -1.62. The molecular formula is C13H17FO4. The number of aromatic hydroxyl groups is 1. The predicted octanol–water partition coefficient (Wildman–Crippen LogP) is 2.46. The lowest BCUT2D eigenvalue weighted by Gasteiger charge is -2.19. The van der Waals surface area contributed by atoms with Gasteiger partial charge >= 0.3 is 5.97 Å². The highest BCUT2D eigenvalue weighted by Crippen LogP contribution is 2.29. The lowest BCUT2D eigenvalue weighted by Crippen LogP contribution is -2.22. The van der Waals surface area contributed by atoms with Crippen LogP contribution in [0.4, 0.5) is 4.39 Å². The number of aliphatic hydroxyl groups excluding tert-OH is 1. The number of hydrogen-bond donors (Lipinski definition) is 3. The van der Waals surface area contributed by atoms with Gasteiger partial charge in [0.05, 0.1) is 12.0 Å². The zero-order chi connectivity index (χ0) is 13.7. The van der Waals surface area contributed by atoms with Gasteiger partial charge in [-0.2, -0.15) is 0 Å². The van der Waals surface area contributed by atoms with Gasteiger partial charge in [0.25, 0.3) is 0 Å². The second-order valence-corrected chi connectivity index (χ2v) is 4.24. The molecule has 1 aromatic rings. The molecule has 1 rings (SSSR count). The van der Waals surface area contributed by atoms with Crippen LogP contribution in [-0.4, -0.2) is 21.3 Å². The van der Waals surface area contributed by atoms with Crippen LogP contribution in [0.1, 0.15) is 37.9 Å². The number of aliphatic hydroxyl groups is 1. The van der Waals surface area contributed by atoms with E-state index >= 15 is 0 Å². The molecule has 0 saturated carbocycles. The number of carbonyl (C=O) groups is 1. The Morgan fingerprint density at radius 2 is 2.11 bits per heavy atom. The topological polar surface area (TPSA) is 77.8 Å². The molecule has 0 saturated heterocycles. The van der Waals surface area contributed by atoms with E-state index in [1.54, 1.807) is 0 Å². The molecule has 0 aliphatic heterocycles. The number of phenols is 1. The van der Waals surface area contributed by atoms with Crippen molar-refractivity contribution in [3.05, 3.63) is 29.6 Å². The summed E-state index contributed by atoms with van der Waals surface area (Å²) in [5.74, 6) is -3.46. The fourth-order valence-electron chi connectivity index (χ4n) is 1.78. The van der Waals surface area contributed by atoms with Crippen LogP contribution < -0.4 is 0 Å². The molecule has 0 bridgehead atoms. The summed E-state index contributed by atoms with van der Waals surface area (Å²) in [6.07, 6.45) is 0.550. The minimum atomic E-state index is -1.27. The molecule has 100 valence electrons. The van der Waals surface area contributed by atoms with E-state index in [2.05, 4.69) is 0 Å². The first-order chi connectivity index (χ1) is 8.47. The summed E-state index contributed by atoms with van der Waals surface area (Å²) < 4.78 is 13.1. The molecule has 18 heavy (non-hydrogen) atoms. The maximum absolute atomic E-state index is 13.1. The first-order valence-electron chi connectivity index (χ1n) is 5.86.